The number of nitrogens with zero attached hydrogens (tertiary/aromatic N) is 2. The van der Waals surface area contributed by atoms with Crippen molar-refractivity contribution in [3.05, 3.63) is 95.5 Å². The number of amides is 1. The summed E-state index contributed by atoms with van der Waals surface area (Å²) in [6.45, 7) is 2.44. The molecule has 39 heavy (non-hydrogen) atoms. The van der Waals surface area contributed by atoms with Crippen molar-refractivity contribution < 1.29 is 28.6 Å². The molecule has 1 aliphatic rings. The van der Waals surface area contributed by atoms with Gasteiger partial charge in [0.05, 0.1) is 31.0 Å². The van der Waals surface area contributed by atoms with Gasteiger partial charge in [-0.1, -0.05) is 43.3 Å². The van der Waals surface area contributed by atoms with Gasteiger partial charge in [0.2, 0.25) is 5.78 Å². The first-order valence-electron chi connectivity index (χ1n) is 12.7. The molecule has 3 aromatic carbocycles. The lowest BCUT2D eigenvalue weighted by atomic mass is 9.94. The first kappa shape index (κ1) is 25.9. The molecule has 1 unspecified atom stereocenters. The summed E-state index contributed by atoms with van der Waals surface area (Å²) in [5.74, 6) is -0.948. The van der Waals surface area contributed by atoms with Crippen LogP contribution < -0.4 is 19.3 Å². The average molecular weight is 527 g/mol. The summed E-state index contributed by atoms with van der Waals surface area (Å²) in [5, 5.41) is 11.9. The minimum atomic E-state index is -0.914. The van der Waals surface area contributed by atoms with Crippen LogP contribution in [0.25, 0.3) is 11.0 Å². The van der Waals surface area contributed by atoms with Crippen LogP contribution in [0.5, 0.6) is 11.5 Å². The van der Waals surface area contributed by atoms with Gasteiger partial charge in [0, 0.05) is 25.2 Å². The van der Waals surface area contributed by atoms with Crippen molar-refractivity contribution in [1.29, 1.82) is 0 Å². The normalized spacial score (nSPS) is 15.2. The second kappa shape index (κ2) is 10.6. The zero-order valence-electron chi connectivity index (χ0n) is 22.3. The number of carbonyl (C=O) groups excluding carboxylic acids is 2. The molecule has 8 heteroatoms. The second-order valence-corrected chi connectivity index (χ2v) is 9.46. The van der Waals surface area contributed by atoms with Crippen LogP contribution in [-0.4, -0.2) is 44.6 Å². The molecule has 0 saturated heterocycles. The maximum absolute atomic E-state index is 14.0. The fraction of sp³-hybridized carbons (Fsp3) is 0.226. The van der Waals surface area contributed by atoms with Crippen LogP contribution in [0.1, 0.15) is 35.5 Å². The number of rotatable bonds is 9. The van der Waals surface area contributed by atoms with Crippen LogP contribution >= 0.6 is 0 Å². The Balaban J connectivity index is 1.66. The number of ether oxygens (including phenoxy) is 2. The minimum Gasteiger partial charge on any atom is -0.503 e. The van der Waals surface area contributed by atoms with Crippen molar-refractivity contribution in [2.45, 2.75) is 19.4 Å². The van der Waals surface area contributed by atoms with Gasteiger partial charge < -0.3 is 23.9 Å². The zero-order chi connectivity index (χ0) is 27.7. The van der Waals surface area contributed by atoms with E-state index in [2.05, 4.69) is 0 Å². The minimum absolute atomic E-state index is 0.00358. The number of fused-ring (bicyclic) bond motifs is 1. The van der Waals surface area contributed by atoms with Crippen molar-refractivity contribution in [2.75, 3.05) is 37.6 Å². The summed E-state index contributed by atoms with van der Waals surface area (Å²) in [4.78, 5) is 31.0. The Kier molecular flexibility index (Phi) is 7.02. The number of furan rings is 1. The molecule has 8 nitrogen and oxygen atoms in total. The first-order chi connectivity index (χ1) is 18.8. The van der Waals surface area contributed by atoms with Gasteiger partial charge in [0.25, 0.3) is 5.91 Å². The molecular weight excluding hydrogens is 496 g/mol. The Morgan fingerprint density at radius 2 is 1.74 bits per heavy atom. The summed E-state index contributed by atoms with van der Waals surface area (Å²) in [6.07, 6.45) is 0.778. The maximum Gasteiger partial charge on any atom is 0.294 e. The van der Waals surface area contributed by atoms with Gasteiger partial charge >= 0.3 is 0 Å². The molecule has 1 N–H and O–H groups in total. The third-order valence-electron chi connectivity index (χ3n) is 6.72. The summed E-state index contributed by atoms with van der Waals surface area (Å²) >= 11 is 0. The van der Waals surface area contributed by atoms with Gasteiger partial charge in [0.1, 0.15) is 5.75 Å². The van der Waals surface area contributed by atoms with Gasteiger partial charge in [-0.3, -0.25) is 14.5 Å². The Bertz CT molecular complexity index is 1570. The van der Waals surface area contributed by atoms with Crippen LogP contribution in [0.15, 0.2) is 88.5 Å². The molecule has 200 valence electrons. The van der Waals surface area contributed by atoms with Crippen LogP contribution in [0, 0.1) is 0 Å². The van der Waals surface area contributed by atoms with E-state index in [1.165, 1.54) is 12.0 Å². The predicted molar refractivity (Wildman–Crippen MR) is 150 cm³/mol. The van der Waals surface area contributed by atoms with Crippen molar-refractivity contribution in [2.24, 2.45) is 0 Å². The molecule has 0 saturated carbocycles. The standard InChI is InChI=1S/C31H30N2O6/c1-5-17-38-23-11-7-6-10-22(23)33-27(19-13-15-21(16-14-19)32(2)3)26(29(35)31(33)36)28(34)25-18-20-9-8-12-24(37-4)30(20)39-25/h6-16,18,27,35H,5,17H2,1-4H3. The number of para-hydroxylation sites is 3. The highest BCUT2D eigenvalue weighted by molar-refractivity contribution is 6.21. The first-order valence-corrected chi connectivity index (χ1v) is 12.7. The molecule has 4 aromatic rings. The predicted octanol–water partition coefficient (Wildman–Crippen LogP) is 6.08. The van der Waals surface area contributed by atoms with Gasteiger partial charge in [-0.25, -0.2) is 0 Å². The second-order valence-electron chi connectivity index (χ2n) is 9.46. The molecular formula is C31H30N2O6. The number of aliphatic hydroxyl groups is 1. The van der Waals surface area contributed by atoms with E-state index in [1.807, 2.05) is 56.3 Å². The van der Waals surface area contributed by atoms with Gasteiger partial charge in [-0.15, -0.1) is 0 Å². The van der Waals surface area contributed by atoms with E-state index in [9.17, 15) is 14.7 Å². The summed E-state index contributed by atoms with van der Waals surface area (Å²) in [6, 6.07) is 20.6. The molecule has 0 aliphatic carbocycles. The van der Waals surface area contributed by atoms with Crippen LogP contribution in [-0.2, 0) is 4.79 Å². The van der Waals surface area contributed by atoms with Crippen LogP contribution in [0.2, 0.25) is 0 Å². The number of methoxy groups -OCH3 is 1. The highest BCUT2D eigenvalue weighted by Gasteiger charge is 2.46. The van der Waals surface area contributed by atoms with E-state index >= 15 is 0 Å². The van der Waals surface area contributed by atoms with E-state index in [1.54, 1.807) is 42.5 Å². The Morgan fingerprint density at radius 1 is 1.03 bits per heavy atom. The molecule has 5 rings (SSSR count). The fourth-order valence-corrected chi connectivity index (χ4v) is 4.79. The number of anilines is 2. The van der Waals surface area contributed by atoms with Crippen molar-refractivity contribution in [3.8, 4) is 11.5 Å². The molecule has 1 aromatic heterocycles. The number of ketones is 1. The van der Waals surface area contributed by atoms with Crippen molar-refractivity contribution in [1.82, 2.24) is 0 Å². The molecule has 0 radical (unpaired) electrons. The Hall–Kier alpha value is -4.72. The number of benzene rings is 3. The number of aliphatic hydroxyl groups excluding tert-OH is 1. The van der Waals surface area contributed by atoms with E-state index in [-0.39, 0.29) is 11.3 Å². The highest BCUT2D eigenvalue weighted by atomic mass is 16.5. The smallest absolute Gasteiger partial charge is 0.294 e. The highest BCUT2D eigenvalue weighted by Crippen LogP contribution is 2.45. The van der Waals surface area contributed by atoms with E-state index < -0.39 is 23.5 Å². The topological polar surface area (TPSA) is 92.5 Å². The summed E-state index contributed by atoms with van der Waals surface area (Å²) in [7, 11) is 5.38. The van der Waals surface area contributed by atoms with Gasteiger partial charge in [0.15, 0.2) is 22.9 Å². The average Bonchev–Trinajstić information content (AvgIpc) is 3.50. The van der Waals surface area contributed by atoms with E-state index in [4.69, 9.17) is 13.9 Å². The van der Waals surface area contributed by atoms with Crippen molar-refractivity contribution >= 4 is 34.0 Å². The Morgan fingerprint density at radius 3 is 2.44 bits per heavy atom. The van der Waals surface area contributed by atoms with Crippen molar-refractivity contribution in [3.63, 3.8) is 0 Å². The lowest BCUT2D eigenvalue weighted by molar-refractivity contribution is -0.117. The summed E-state index contributed by atoms with van der Waals surface area (Å²) < 4.78 is 17.2. The summed E-state index contributed by atoms with van der Waals surface area (Å²) in [5.41, 5.74) is 2.40. The lowest BCUT2D eigenvalue weighted by Crippen LogP contribution is -2.31. The molecule has 1 amide bonds. The molecule has 1 atom stereocenters. The lowest BCUT2D eigenvalue weighted by Gasteiger charge is -2.28. The number of hydrogen-bond acceptors (Lipinski definition) is 7. The molecule has 0 fully saturated rings. The molecule has 1 aliphatic heterocycles. The fourth-order valence-electron chi connectivity index (χ4n) is 4.79. The SMILES string of the molecule is CCCOc1ccccc1N1C(=O)C(O)=C(C(=O)c2cc3cccc(OC)c3o2)C1c1ccc(N(C)C)cc1. The molecule has 2 heterocycles. The van der Waals surface area contributed by atoms with Crippen LogP contribution in [0.3, 0.4) is 0 Å². The largest absolute Gasteiger partial charge is 0.503 e. The third-order valence-corrected chi connectivity index (χ3v) is 6.72. The van der Waals surface area contributed by atoms with Gasteiger partial charge in [-0.05, 0) is 48.4 Å². The number of Topliss-reactive ketones (excluding diaryl/α,β-unsaturated/α-hetero) is 1. The zero-order valence-corrected chi connectivity index (χ0v) is 22.3. The van der Waals surface area contributed by atoms with Gasteiger partial charge in [-0.2, -0.15) is 0 Å². The molecule has 0 bridgehead atoms. The third kappa shape index (κ3) is 4.58. The maximum atomic E-state index is 14.0. The van der Waals surface area contributed by atoms with E-state index in [0.717, 1.165) is 12.1 Å². The number of hydrogen-bond donors (Lipinski definition) is 1. The monoisotopic (exact) mass is 526 g/mol. The quantitative estimate of drug-likeness (QED) is 0.264. The molecule has 0 spiro atoms. The van der Waals surface area contributed by atoms with Crippen LogP contribution in [0.4, 0.5) is 11.4 Å². The number of carbonyl (C=O) groups is 2. The van der Waals surface area contributed by atoms with E-state index in [0.29, 0.717) is 40.3 Å². The Labute approximate surface area is 226 Å².